The van der Waals surface area contributed by atoms with Crippen molar-refractivity contribution in [3.8, 4) is 0 Å². The number of hydrogen-bond acceptors (Lipinski definition) is 2. The van der Waals surface area contributed by atoms with Gasteiger partial charge < -0.3 is 9.32 Å². The van der Waals surface area contributed by atoms with Gasteiger partial charge in [0.2, 0.25) is 0 Å². The van der Waals surface area contributed by atoms with Crippen molar-refractivity contribution in [2.24, 2.45) is 5.92 Å². The summed E-state index contributed by atoms with van der Waals surface area (Å²) in [4.78, 5) is 2.66. The second-order valence-corrected chi connectivity index (χ2v) is 7.08. The molecular weight excluding hydrogens is 270 g/mol. The number of para-hydroxylation sites is 1. The zero-order valence-corrected chi connectivity index (χ0v) is 13.2. The van der Waals surface area contributed by atoms with E-state index >= 15 is 0 Å². The number of furan rings is 1. The largest absolute Gasteiger partial charge is 0.454 e. The first-order valence-electron chi connectivity index (χ1n) is 8.43. The molecule has 0 N–H and O–H groups in total. The maximum atomic E-state index is 6.29. The predicted octanol–water partition coefficient (Wildman–Crippen LogP) is 5.27. The molecule has 2 heterocycles. The summed E-state index contributed by atoms with van der Waals surface area (Å²) in [7, 11) is 0. The number of rotatable bonds is 1. The Labute approximate surface area is 130 Å². The van der Waals surface area contributed by atoms with Gasteiger partial charge in [-0.1, -0.05) is 30.3 Å². The lowest BCUT2D eigenvalue weighted by molar-refractivity contribution is 0.453. The first kappa shape index (κ1) is 12.6. The SMILES string of the molecule is Cc1ccc2c(oc3ccccc32)c1N1C2CCC(C2)[C@@H]1C. The number of piperidine rings is 1. The third kappa shape index (κ3) is 1.50. The number of nitrogens with zero attached hydrogens (tertiary/aromatic N) is 1. The molecule has 5 rings (SSSR count). The zero-order valence-electron chi connectivity index (χ0n) is 13.2. The summed E-state index contributed by atoms with van der Waals surface area (Å²) >= 11 is 0. The van der Waals surface area contributed by atoms with Gasteiger partial charge >= 0.3 is 0 Å². The van der Waals surface area contributed by atoms with Crippen LogP contribution in [0.1, 0.15) is 31.7 Å². The van der Waals surface area contributed by atoms with Crippen molar-refractivity contribution in [3.05, 3.63) is 42.0 Å². The smallest absolute Gasteiger partial charge is 0.158 e. The highest BCUT2D eigenvalue weighted by Crippen LogP contribution is 2.48. The number of fused-ring (bicyclic) bond motifs is 5. The van der Waals surface area contributed by atoms with E-state index in [-0.39, 0.29) is 0 Å². The molecular formula is C20H21NO. The molecule has 2 unspecified atom stereocenters. The summed E-state index contributed by atoms with van der Waals surface area (Å²) in [5.41, 5.74) is 4.77. The minimum absolute atomic E-state index is 0.635. The molecule has 1 aliphatic heterocycles. The van der Waals surface area contributed by atoms with E-state index in [9.17, 15) is 0 Å². The fourth-order valence-electron chi connectivity index (χ4n) is 4.82. The van der Waals surface area contributed by atoms with E-state index in [0.29, 0.717) is 12.1 Å². The molecule has 2 nitrogen and oxygen atoms in total. The predicted molar refractivity (Wildman–Crippen MR) is 91.5 cm³/mol. The lowest BCUT2D eigenvalue weighted by Crippen LogP contribution is -2.39. The van der Waals surface area contributed by atoms with Crippen LogP contribution in [0.3, 0.4) is 0 Å². The van der Waals surface area contributed by atoms with Crippen LogP contribution in [-0.2, 0) is 0 Å². The Balaban J connectivity index is 1.81. The highest BCUT2D eigenvalue weighted by atomic mass is 16.3. The van der Waals surface area contributed by atoms with Gasteiger partial charge in [0, 0.05) is 22.9 Å². The minimum Gasteiger partial charge on any atom is -0.454 e. The van der Waals surface area contributed by atoms with Crippen molar-refractivity contribution in [3.63, 3.8) is 0 Å². The molecule has 2 aliphatic rings. The van der Waals surface area contributed by atoms with Gasteiger partial charge in [0.05, 0.1) is 5.69 Å². The standard InChI is InChI=1S/C20H21NO/c1-12-7-10-17-16-5-3-4-6-18(16)22-20(17)19(12)21-13(2)14-8-9-15(21)11-14/h3-7,10,13-15H,8-9,11H2,1-2H3/t13-,14?,15?/m0/s1. The van der Waals surface area contributed by atoms with Gasteiger partial charge in [0.15, 0.2) is 5.58 Å². The van der Waals surface area contributed by atoms with Crippen molar-refractivity contribution < 1.29 is 4.42 Å². The quantitative estimate of drug-likeness (QED) is 0.607. The van der Waals surface area contributed by atoms with Gasteiger partial charge in [0.25, 0.3) is 0 Å². The Morgan fingerprint density at radius 2 is 1.91 bits per heavy atom. The third-order valence-electron chi connectivity index (χ3n) is 5.94. The first-order valence-corrected chi connectivity index (χ1v) is 8.43. The summed E-state index contributed by atoms with van der Waals surface area (Å²) in [6.07, 6.45) is 4.10. The van der Waals surface area contributed by atoms with E-state index in [1.54, 1.807) is 0 Å². The molecule has 3 aromatic rings. The van der Waals surface area contributed by atoms with E-state index in [0.717, 1.165) is 17.1 Å². The van der Waals surface area contributed by atoms with Crippen molar-refractivity contribution in [1.29, 1.82) is 0 Å². The monoisotopic (exact) mass is 291 g/mol. The molecule has 2 aromatic carbocycles. The molecule has 2 bridgehead atoms. The Kier molecular flexibility index (Phi) is 2.45. The van der Waals surface area contributed by atoms with Crippen molar-refractivity contribution in [2.75, 3.05) is 4.90 Å². The Bertz CT molecular complexity index is 876. The minimum atomic E-state index is 0.635. The molecule has 1 saturated heterocycles. The zero-order chi connectivity index (χ0) is 14.8. The fourth-order valence-corrected chi connectivity index (χ4v) is 4.82. The van der Waals surface area contributed by atoms with E-state index < -0.39 is 0 Å². The van der Waals surface area contributed by atoms with Gasteiger partial charge in [-0.15, -0.1) is 0 Å². The van der Waals surface area contributed by atoms with Gasteiger partial charge in [-0.2, -0.15) is 0 Å². The highest BCUT2D eigenvalue weighted by Gasteiger charge is 2.44. The number of aryl methyl sites for hydroxylation is 1. The number of anilines is 1. The molecule has 22 heavy (non-hydrogen) atoms. The third-order valence-corrected chi connectivity index (χ3v) is 5.94. The lowest BCUT2D eigenvalue weighted by Gasteiger charge is -2.36. The summed E-state index contributed by atoms with van der Waals surface area (Å²) in [5.74, 6) is 0.865. The highest BCUT2D eigenvalue weighted by molar-refractivity contribution is 6.09. The van der Waals surface area contributed by atoms with Crippen LogP contribution in [0.5, 0.6) is 0 Å². The summed E-state index contributed by atoms with van der Waals surface area (Å²) in [6.45, 7) is 4.62. The molecule has 0 spiro atoms. The Hall–Kier alpha value is -1.96. The summed E-state index contributed by atoms with van der Waals surface area (Å²) in [5, 5.41) is 2.49. The molecule has 112 valence electrons. The second kappa shape index (κ2) is 4.28. The molecule has 0 amide bonds. The van der Waals surface area contributed by atoms with E-state index in [1.807, 2.05) is 0 Å². The van der Waals surface area contributed by atoms with Crippen LogP contribution in [0.15, 0.2) is 40.8 Å². The topological polar surface area (TPSA) is 16.4 Å². The molecule has 0 radical (unpaired) electrons. The average molecular weight is 291 g/mol. The van der Waals surface area contributed by atoms with Crippen LogP contribution in [-0.4, -0.2) is 12.1 Å². The van der Waals surface area contributed by atoms with E-state index in [1.165, 1.54) is 41.3 Å². The lowest BCUT2D eigenvalue weighted by atomic mass is 9.98. The number of hydrogen-bond donors (Lipinski definition) is 0. The van der Waals surface area contributed by atoms with Crippen LogP contribution in [0.4, 0.5) is 5.69 Å². The fraction of sp³-hybridized carbons (Fsp3) is 0.400. The van der Waals surface area contributed by atoms with Gasteiger partial charge in [0.1, 0.15) is 5.58 Å². The second-order valence-electron chi connectivity index (χ2n) is 7.08. The van der Waals surface area contributed by atoms with E-state index in [2.05, 4.69) is 55.1 Å². The van der Waals surface area contributed by atoms with Gasteiger partial charge in [-0.3, -0.25) is 0 Å². The summed E-state index contributed by atoms with van der Waals surface area (Å²) < 4.78 is 6.29. The molecule has 3 atom stereocenters. The van der Waals surface area contributed by atoms with Crippen molar-refractivity contribution in [2.45, 2.75) is 45.2 Å². The Morgan fingerprint density at radius 1 is 1.05 bits per heavy atom. The van der Waals surface area contributed by atoms with Crippen molar-refractivity contribution >= 4 is 27.6 Å². The molecule has 2 fully saturated rings. The average Bonchev–Trinajstić information content (AvgIpc) is 3.20. The normalized spacial score (nSPS) is 27.4. The first-order chi connectivity index (χ1) is 10.7. The summed E-state index contributed by atoms with van der Waals surface area (Å²) in [6, 6.07) is 14.2. The number of benzene rings is 2. The maximum absolute atomic E-state index is 6.29. The molecule has 2 heteroatoms. The maximum Gasteiger partial charge on any atom is 0.158 e. The van der Waals surface area contributed by atoms with Crippen LogP contribution >= 0.6 is 0 Å². The van der Waals surface area contributed by atoms with E-state index in [4.69, 9.17) is 4.42 Å². The molecule has 1 aromatic heterocycles. The van der Waals surface area contributed by atoms with Crippen molar-refractivity contribution in [1.82, 2.24) is 0 Å². The molecule has 1 saturated carbocycles. The van der Waals surface area contributed by atoms with Crippen LogP contribution in [0.25, 0.3) is 21.9 Å². The Morgan fingerprint density at radius 3 is 2.73 bits per heavy atom. The molecule has 1 aliphatic carbocycles. The van der Waals surface area contributed by atoms with Crippen LogP contribution in [0.2, 0.25) is 0 Å². The van der Waals surface area contributed by atoms with Crippen LogP contribution in [0, 0.1) is 12.8 Å². The van der Waals surface area contributed by atoms with Crippen LogP contribution < -0.4 is 4.90 Å². The van der Waals surface area contributed by atoms with Gasteiger partial charge in [-0.05, 0) is 50.7 Å². The van der Waals surface area contributed by atoms with Gasteiger partial charge in [-0.25, -0.2) is 0 Å².